The standard InChI is InChI=1S/C23H21N5O4/c1-31-22(30)15-11-9-14(10-12-15)13-32-19-8-3-2-5-16(19)21-20-17(6-4-7-18(20)29)24-23-25-26-27-28(21)23/h2-3,5,8-12,21H,4,6-7,13H2,1H3,(H,24,25,27). The highest BCUT2D eigenvalue weighted by molar-refractivity contribution is 5.99. The number of allylic oxidation sites excluding steroid dienone is 2. The minimum absolute atomic E-state index is 0.0955. The predicted molar refractivity (Wildman–Crippen MR) is 114 cm³/mol. The van der Waals surface area contributed by atoms with Crippen LogP contribution in [0, 0.1) is 0 Å². The highest BCUT2D eigenvalue weighted by Gasteiger charge is 2.37. The number of tetrazole rings is 1. The van der Waals surface area contributed by atoms with Gasteiger partial charge in [-0.2, -0.15) is 4.68 Å². The third-order valence-electron chi connectivity index (χ3n) is 5.71. The van der Waals surface area contributed by atoms with E-state index < -0.39 is 6.04 Å². The van der Waals surface area contributed by atoms with Crippen LogP contribution in [0.5, 0.6) is 5.75 Å². The number of hydrogen-bond donors (Lipinski definition) is 1. The number of Topliss-reactive ketones (excluding diaryl/α,β-unsaturated/α-hetero) is 1. The Morgan fingerprint density at radius 2 is 1.97 bits per heavy atom. The molecule has 0 amide bonds. The van der Waals surface area contributed by atoms with Crippen LogP contribution in [0.3, 0.4) is 0 Å². The maximum Gasteiger partial charge on any atom is 0.337 e. The molecule has 0 fully saturated rings. The molecule has 2 aliphatic rings. The Balaban J connectivity index is 1.46. The van der Waals surface area contributed by atoms with Crippen LogP contribution in [-0.4, -0.2) is 39.1 Å². The van der Waals surface area contributed by atoms with Gasteiger partial charge in [0.15, 0.2) is 5.78 Å². The van der Waals surface area contributed by atoms with Crippen LogP contribution in [0.15, 0.2) is 59.8 Å². The van der Waals surface area contributed by atoms with Gasteiger partial charge in [0.2, 0.25) is 5.95 Å². The molecule has 5 rings (SSSR count). The largest absolute Gasteiger partial charge is 0.489 e. The number of hydrogen-bond acceptors (Lipinski definition) is 8. The molecule has 1 N–H and O–H groups in total. The molecular formula is C23H21N5O4. The van der Waals surface area contributed by atoms with Gasteiger partial charge in [-0.3, -0.25) is 4.79 Å². The highest BCUT2D eigenvalue weighted by Crippen LogP contribution is 2.42. The fourth-order valence-electron chi connectivity index (χ4n) is 4.16. The van der Waals surface area contributed by atoms with E-state index in [1.165, 1.54) is 7.11 Å². The van der Waals surface area contributed by atoms with Gasteiger partial charge in [0.1, 0.15) is 18.4 Å². The van der Waals surface area contributed by atoms with E-state index in [2.05, 4.69) is 20.8 Å². The SMILES string of the molecule is COC(=O)c1ccc(COc2ccccc2C2C3=C(CCCC3=O)Nc3nnnn32)cc1. The first kappa shape index (κ1) is 19.9. The normalized spacial score (nSPS) is 17.3. The van der Waals surface area contributed by atoms with Gasteiger partial charge in [0, 0.05) is 23.3 Å². The van der Waals surface area contributed by atoms with Crippen molar-refractivity contribution in [1.29, 1.82) is 0 Å². The number of nitrogens with zero attached hydrogens (tertiary/aromatic N) is 4. The number of carbonyl (C=O) groups excluding carboxylic acids is 2. The van der Waals surface area contributed by atoms with E-state index in [0.29, 0.717) is 35.9 Å². The van der Waals surface area contributed by atoms with Gasteiger partial charge in [-0.05, 0) is 47.0 Å². The minimum atomic E-state index is -0.457. The molecule has 3 aromatic rings. The fraction of sp³-hybridized carbons (Fsp3) is 0.261. The lowest BCUT2D eigenvalue weighted by atomic mass is 9.85. The summed E-state index contributed by atoms with van der Waals surface area (Å²) in [5.41, 5.74) is 3.76. The van der Waals surface area contributed by atoms with E-state index in [9.17, 15) is 9.59 Å². The van der Waals surface area contributed by atoms with E-state index in [4.69, 9.17) is 9.47 Å². The first-order chi connectivity index (χ1) is 15.7. The van der Waals surface area contributed by atoms with Gasteiger partial charge in [-0.15, -0.1) is 0 Å². The second-order valence-corrected chi connectivity index (χ2v) is 7.66. The molecular weight excluding hydrogens is 410 g/mol. The van der Waals surface area contributed by atoms with E-state index in [0.717, 1.165) is 29.7 Å². The summed E-state index contributed by atoms with van der Waals surface area (Å²) in [4.78, 5) is 24.5. The van der Waals surface area contributed by atoms with Crippen molar-refractivity contribution in [2.45, 2.75) is 31.9 Å². The fourth-order valence-corrected chi connectivity index (χ4v) is 4.16. The molecule has 1 aliphatic carbocycles. The summed E-state index contributed by atoms with van der Waals surface area (Å²) < 4.78 is 12.5. The van der Waals surface area contributed by atoms with Crippen molar-refractivity contribution in [2.24, 2.45) is 0 Å². The third-order valence-corrected chi connectivity index (χ3v) is 5.71. The maximum atomic E-state index is 12.9. The van der Waals surface area contributed by atoms with Crippen molar-refractivity contribution in [1.82, 2.24) is 20.2 Å². The van der Waals surface area contributed by atoms with Crippen LogP contribution < -0.4 is 10.1 Å². The zero-order valence-corrected chi connectivity index (χ0v) is 17.4. The van der Waals surface area contributed by atoms with Crippen LogP contribution in [0.4, 0.5) is 5.95 Å². The lowest BCUT2D eigenvalue weighted by Gasteiger charge is -2.32. The lowest BCUT2D eigenvalue weighted by molar-refractivity contribution is -0.116. The Morgan fingerprint density at radius 3 is 2.78 bits per heavy atom. The summed E-state index contributed by atoms with van der Waals surface area (Å²) >= 11 is 0. The second-order valence-electron chi connectivity index (χ2n) is 7.66. The summed E-state index contributed by atoms with van der Waals surface area (Å²) in [7, 11) is 1.35. The zero-order valence-electron chi connectivity index (χ0n) is 17.4. The van der Waals surface area contributed by atoms with Crippen LogP contribution in [0.2, 0.25) is 0 Å². The van der Waals surface area contributed by atoms with Gasteiger partial charge < -0.3 is 14.8 Å². The number of ketones is 1. The van der Waals surface area contributed by atoms with E-state index in [-0.39, 0.29) is 11.8 Å². The number of benzene rings is 2. The molecule has 1 aromatic heterocycles. The molecule has 0 saturated carbocycles. The molecule has 162 valence electrons. The smallest absolute Gasteiger partial charge is 0.337 e. The molecule has 9 nitrogen and oxygen atoms in total. The predicted octanol–water partition coefficient (Wildman–Crippen LogP) is 3.06. The topological polar surface area (TPSA) is 108 Å². The Hall–Kier alpha value is -4.01. The molecule has 0 bridgehead atoms. The third kappa shape index (κ3) is 3.51. The number of ether oxygens (including phenoxy) is 2. The number of aromatic nitrogens is 4. The Kier molecular flexibility index (Phi) is 5.14. The number of nitrogens with one attached hydrogen (secondary N) is 1. The monoisotopic (exact) mass is 431 g/mol. The minimum Gasteiger partial charge on any atom is -0.489 e. The van der Waals surface area contributed by atoms with Crippen LogP contribution >= 0.6 is 0 Å². The quantitative estimate of drug-likeness (QED) is 0.614. The zero-order chi connectivity index (χ0) is 22.1. The van der Waals surface area contributed by atoms with Crippen LogP contribution in [0.25, 0.3) is 0 Å². The summed E-state index contributed by atoms with van der Waals surface area (Å²) in [6.45, 7) is 0.297. The molecule has 0 radical (unpaired) electrons. The number of fused-ring (bicyclic) bond motifs is 1. The molecule has 1 atom stereocenters. The number of anilines is 1. The van der Waals surface area contributed by atoms with E-state index in [1.54, 1.807) is 16.8 Å². The maximum absolute atomic E-state index is 12.9. The Morgan fingerprint density at radius 1 is 1.16 bits per heavy atom. The summed E-state index contributed by atoms with van der Waals surface area (Å²) in [6, 6.07) is 14.2. The number of esters is 1. The van der Waals surface area contributed by atoms with Crippen molar-refractivity contribution in [3.8, 4) is 5.75 Å². The molecule has 1 aliphatic heterocycles. The second kappa shape index (κ2) is 8.26. The number of rotatable bonds is 5. The van der Waals surface area contributed by atoms with Crippen LogP contribution in [-0.2, 0) is 16.1 Å². The van der Waals surface area contributed by atoms with Gasteiger partial charge in [0.05, 0.1) is 12.7 Å². The summed E-state index contributed by atoms with van der Waals surface area (Å²) in [6.07, 6.45) is 2.09. The summed E-state index contributed by atoms with van der Waals surface area (Å²) in [5.74, 6) is 0.866. The number of para-hydroxylation sites is 1. The highest BCUT2D eigenvalue weighted by atomic mass is 16.5. The lowest BCUT2D eigenvalue weighted by Crippen LogP contribution is -2.31. The van der Waals surface area contributed by atoms with Gasteiger partial charge in [-0.25, -0.2) is 4.79 Å². The Labute approximate surface area is 184 Å². The first-order valence-electron chi connectivity index (χ1n) is 10.4. The molecule has 9 heteroatoms. The van der Waals surface area contributed by atoms with E-state index in [1.807, 2.05) is 36.4 Å². The van der Waals surface area contributed by atoms with Crippen molar-refractivity contribution < 1.29 is 19.1 Å². The van der Waals surface area contributed by atoms with Crippen molar-refractivity contribution >= 4 is 17.7 Å². The number of carbonyl (C=O) groups is 2. The molecule has 0 saturated heterocycles. The molecule has 2 aromatic carbocycles. The van der Waals surface area contributed by atoms with E-state index >= 15 is 0 Å². The molecule has 32 heavy (non-hydrogen) atoms. The van der Waals surface area contributed by atoms with Gasteiger partial charge >= 0.3 is 5.97 Å². The summed E-state index contributed by atoms with van der Waals surface area (Å²) in [5, 5.41) is 15.2. The number of methoxy groups -OCH3 is 1. The average molecular weight is 431 g/mol. The average Bonchev–Trinajstić information content (AvgIpc) is 3.30. The van der Waals surface area contributed by atoms with Crippen LogP contribution in [0.1, 0.15) is 46.8 Å². The van der Waals surface area contributed by atoms with Crippen molar-refractivity contribution in [3.63, 3.8) is 0 Å². The molecule has 2 heterocycles. The molecule has 1 unspecified atom stereocenters. The van der Waals surface area contributed by atoms with Crippen molar-refractivity contribution in [3.05, 3.63) is 76.5 Å². The Bertz CT molecular complexity index is 1220. The first-order valence-corrected chi connectivity index (χ1v) is 10.4. The van der Waals surface area contributed by atoms with Gasteiger partial charge in [0.25, 0.3) is 0 Å². The molecule has 0 spiro atoms. The van der Waals surface area contributed by atoms with Gasteiger partial charge in [-0.1, -0.05) is 35.4 Å². The van der Waals surface area contributed by atoms with Crippen molar-refractivity contribution in [2.75, 3.05) is 12.4 Å².